The second kappa shape index (κ2) is 16.0. The number of aliphatic imine (C=N–C) groups is 2. The topological polar surface area (TPSA) is 97.1 Å². The van der Waals surface area contributed by atoms with Crippen LogP contribution in [0.25, 0.3) is 0 Å². The highest BCUT2D eigenvalue weighted by atomic mass is 35.5. The number of methoxy groups -OCH3 is 2. The molecule has 1 aliphatic carbocycles. The molecule has 0 spiro atoms. The Morgan fingerprint density at radius 1 is 1.14 bits per heavy atom. The highest BCUT2D eigenvalue weighted by Gasteiger charge is 2.29. The summed E-state index contributed by atoms with van der Waals surface area (Å²) < 4.78 is 30.6. The summed E-state index contributed by atoms with van der Waals surface area (Å²) in [5.41, 5.74) is 3.77. The maximum atomic E-state index is 13.8. The van der Waals surface area contributed by atoms with Crippen LogP contribution in [0.5, 0.6) is 11.5 Å². The molecule has 0 saturated heterocycles. The van der Waals surface area contributed by atoms with E-state index in [0.29, 0.717) is 46.6 Å². The number of rotatable bonds is 15. The SMILES string of the molecule is C=NN(C)C(COc1ccc(C(=O)NC/C(=C(\CCC)N=C(COC)c2ccc(F)c(Cl)c2)C2CC2)cc1OC)=NC. The average Bonchev–Trinajstić information content (AvgIpc) is 3.84. The minimum Gasteiger partial charge on any atom is -0.493 e. The van der Waals surface area contributed by atoms with Gasteiger partial charge in [-0.25, -0.2) is 4.39 Å². The van der Waals surface area contributed by atoms with E-state index >= 15 is 0 Å². The van der Waals surface area contributed by atoms with Gasteiger partial charge in [0.2, 0.25) is 0 Å². The van der Waals surface area contributed by atoms with Gasteiger partial charge in [0.15, 0.2) is 17.3 Å². The molecule has 42 heavy (non-hydrogen) atoms. The summed E-state index contributed by atoms with van der Waals surface area (Å²) in [6.07, 6.45) is 3.67. The number of benzene rings is 2. The maximum Gasteiger partial charge on any atom is 0.251 e. The first kappa shape index (κ1) is 32.8. The van der Waals surface area contributed by atoms with Crippen molar-refractivity contribution in [2.24, 2.45) is 21.0 Å². The van der Waals surface area contributed by atoms with Crippen molar-refractivity contribution < 1.29 is 23.4 Å². The minimum absolute atomic E-state index is 0.0268. The van der Waals surface area contributed by atoms with Crippen LogP contribution in [0.3, 0.4) is 0 Å². The van der Waals surface area contributed by atoms with Crippen LogP contribution < -0.4 is 14.8 Å². The third-order valence-corrected chi connectivity index (χ3v) is 7.09. The predicted molar refractivity (Wildman–Crippen MR) is 166 cm³/mol. The molecule has 9 nitrogen and oxygen atoms in total. The van der Waals surface area contributed by atoms with Crippen molar-refractivity contribution in [1.29, 1.82) is 0 Å². The van der Waals surface area contributed by atoms with E-state index in [1.807, 2.05) is 0 Å². The number of hydrazone groups is 1. The van der Waals surface area contributed by atoms with Gasteiger partial charge in [0.1, 0.15) is 12.4 Å². The lowest BCUT2D eigenvalue weighted by molar-refractivity contribution is 0.0956. The molecule has 0 aliphatic heterocycles. The molecule has 0 aromatic heterocycles. The summed E-state index contributed by atoms with van der Waals surface area (Å²) in [5, 5.41) is 8.43. The van der Waals surface area contributed by atoms with Gasteiger partial charge in [-0.3, -0.25) is 19.8 Å². The molecule has 1 saturated carbocycles. The van der Waals surface area contributed by atoms with Gasteiger partial charge in [-0.15, -0.1) is 0 Å². The van der Waals surface area contributed by atoms with E-state index in [-0.39, 0.29) is 24.1 Å². The zero-order valence-electron chi connectivity index (χ0n) is 24.9. The molecule has 1 N–H and O–H groups in total. The van der Waals surface area contributed by atoms with E-state index in [9.17, 15) is 9.18 Å². The fraction of sp³-hybridized carbons (Fsp3) is 0.419. The first-order valence-electron chi connectivity index (χ1n) is 13.7. The molecule has 0 unspecified atom stereocenters. The van der Waals surface area contributed by atoms with E-state index in [0.717, 1.165) is 37.0 Å². The third kappa shape index (κ3) is 8.87. The van der Waals surface area contributed by atoms with E-state index in [4.69, 9.17) is 30.8 Å². The zero-order chi connectivity index (χ0) is 30.6. The molecular formula is C31H39ClFN5O4. The van der Waals surface area contributed by atoms with Gasteiger partial charge in [0, 0.05) is 51.3 Å². The molecule has 1 fully saturated rings. The molecule has 226 valence electrons. The van der Waals surface area contributed by atoms with Crippen molar-refractivity contribution in [3.8, 4) is 11.5 Å². The lowest BCUT2D eigenvalue weighted by Gasteiger charge is -2.17. The Morgan fingerprint density at radius 3 is 2.48 bits per heavy atom. The van der Waals surface area contributed by atoms with Crippen LogP contribution in [0.1, 0.15) is 48.5 Å². The fourth-order valence-electron chi connectivity index (χ4n) is 4.33. The molecule has 0 heterocycles. The van der Waals surface area contributed by atoms with Gasteiger partial charge in [-0.1, -0.05) is 31.0 Å². The second-order valence-electron chi connectivity index (χ2n) is 9.76. The first-order valence-corrected chi connectivity index (χ1v) is 14.1. The maximum absolute atomic E-state index is 13.8. The smallest absolute Gasteiger partial charge is 0.251 e. The van der Waals surface area contributed by atoms with E-state index < -0.39 is 5.82 Å². The number of carbonyl (C=O) groups is 1. The zero-order valence-corrected chi connectivity index (χ0v) is 25.6. The number of carbonyl (C=O) groups excluding carboxylic acids is 1. The van der Waals surface area contributed by atoms with Crippen LogP contribution in [0.4, 0.5) is 4.39 Å². The van der Waals surface area contributed by atoms with Crippen molar-refractivity contribution in [3.05, 3.63) is 69.6 Å². The standard InChI is InChI=1S/C31H39ClFN5O4/c1-7-8-26(37-27(18-40-5)21-11-13-25(33)24(32)15-21)23(20-9-10-20)17-36-31(39)22-12-14-28(29(16-22)41-6)42-19-30(34-2)38(4)35-3/h11-16,20H,3,7-10,17-19H2,1-2,4-6H3,(H,36,39)/b26-23-,34-30?,37-27?. The number of nitrogens with one attached hydrogen (secondary N) is 1. The van der Waals surface area contributed by atoms with Crippen LogP contribution >= 0.6 is 11.6 Å². The summed E-state index contributed by atoms with van der Waals surface area (Å²) in [4.78, 5) is 22.4. The lowest BCUT2D eigenvalue weighted by atomic mass is 10.0. The Hall–Kier alpha value is -3.76. The van der Waals surface area contributed by atoms with Crippen LogP contribution in [-0.4, -0.2) is 77.3 Å². The van der Waals surface area contributed by atoms with E-state index in [2.05, 4.69) is 29.1 Å². The molecule has 1 aliphatic rings. The van der Waals surface area contributed by atoms with Crippen LogP contribution in [0.15, 0.2) is 62.8 Å². The van der Waals surface area contributed by atoms with Crippen molar-refractivity contribution in [1.82, 2.24) is 10.3 Å². The molecule has 2 aromatic rings. The first-order chi connectivity index (χ1) is 20.3. The Kier molecular flexibility index (Phi) is 12.5. The Bertz CT molecular complexity index is 1360. The van der Waals surface area contributed by atoms with Gasteiger partial charge < -0.3 is 19.5 Å². The largest absolute Gasteiger partial charge is 0.493 e. The number of halogens is 2. The number of allylic oxidation sites excluding steroid dienone is 1. The van der Waals surface area contributed by atoms with Gasteiger partial charge >= 0.3 is 0 Å². The monoisotopic (exact) mass is 599 g/mol. The summed E-state index contributed by atoms with van der Waals surface area (Å²) in [6, 6.07) is 9.55. The second-order valence-corrected chi connectivity index (χ2v) is 10.2. The van der Waals surface area contributed by atoms with Gasteiger partial charge in [-0.05, 0) is 61.1 Å². The quantitative estimate of drug-likeness (QED) is 0.159. The Balaban J connectivity index is 1.83. The van der Waals surface area contributed by atoms with Gasteiger partial charge in [0.25, 0.3) is 5.91 Å². The molecule has 2 aromatic carbocycles. The number of hydrogen-bond donors (Lipinski definition) is 1. The third-order valence-electron chi connectivity index (χ3n) is 6.80. The molecule has 0 bridgehead atoms. The number of amidine groups is 1. The number of amides is 1. The number of nitrogens with zero attached hydrogens (tertiary/aromatic N) is 4. The van der Waals surface area contributed by atoms with Crippen LogP contribution in [0, 0.1) is 11.7 Å². The molecule has 1 amide bonds. The summed E-state index contributed by atoms with van der Waals surface area (Å²) >= 11 is 6.05. The molecule has 0 atom stereocenters. The van der Waals surface area contributed by atoms with Gasteiger partial charge in [0.05, 0.1) is 24.5 Å². The van der Waals surface area contributed by atoms with E-state index in [1.54, 1.807) is 51.5 Å². The minimum atomic E-state index is -0.490. The predicted octanol–water partition coefficient (Wildman–Crippen LogP) is 5.77. The Morgan fingerprint density at radius 2 is 1.88 bits per heavy atom. The Labute approximate surface area is 252 Å². The molecule has 0 radical (unpaired) electrons. The molecule has 3 rings (SSSR count). The summed E-state index contributed by atoms with van der Waals surface area (Å²) in [6.45, 7) is 6.32. The van der Waals surface area contributed by atoms with Gasteiger partial charge in [-0.2, -0.15) is 5.10 Å². The van der Waals surface area contributed by atoms with Crippen LogP contribution in [-0.2, 0) is 4.74 Å². The van der Waals surface area contributed by atoms with Crippen molar-refractivity contribution in [3.63, 3.8) is 0 Å². The number of hydrogen-bond acceptors (Lipinski definition) is 7. The van der Waals surface area contributed by atoms with Crippen molar-refractivity contribution >= 4 is 35.8 Å². The number of ether oxygens (including phenoxy) is 3. The molecule has 11 heteroatoms. The average molecular weight is 600 g/mol. The highest BCUT2D eigenvalue weighted by molar-refractivity contribution is 6.31. The van der Waals surface area contributed by atoms with Crippen LogP contribution in [0.2, 0.25) is 5.02 Å². The van der Waals surface area contributed by atoms with E-state index in [1.165, 1.54) is 18.2 Å². The normalized spacial score (nSPS) is 14.3. The summed E-state index contributed by atoms with van der Waals surface area (Å²) in [7, 11) is 6.47. The molecular weight excluding hydrogens is 561 g/mol. The fourth-order valence-corrected chi connectivity index (χ4v) is 4.51. The van der Waals surface area contributed by atoms with Crippen molar-refractivity contribution in [2.75, 3.05) is 48.1 Å². The number of likely N-dealkylation sites (N-methyl/N-ethyl adjacent to an activating group) is 1. The lowest BCUT2D eigenvalue weighted by Crippen LogP contribution is -2.27. The van der Waals surface area contributed by atoms with Crippen molar-refractivity contribution in [2.45, 2.75) is 32.6 Å². The highest BCUT2D eigenvalue weighted by Crippen LogP contribution is 2.39. The summed E-state index contributed by atoms with van der Waals surface area (Å²) in [5.74, 6) is 1.08.